The van der Waals surface area contributed by atoms with E-state index in [1.165, 1.54) is 0 Å². The topological polar surface area (TPSA) is 38.3 Å². The van der Waals surface area contributed by atoms with Crippen LogP contribution in [0.5, 0.6) is 0 Å². The van der Waals surface area contributed by atoms with Crippen molar-refractivity contribution in [3.8, 4) is 0 Å². The Hall–Kier alpha value is -0.570. The molecule has 0 aromatic rings. The standard InChI is InChI=1S/C8H17NO2/c1-3-5-9-7-8(10)11-6-4-2/h9H,3-7H2,1-2H3. The van der Waals surface area contributed by atoms with Crippen LogP contribution in [0.4, 0.5) is 0 Å². The summed E-state index contributed by atoms with van der Waals surface area (Å²) < 4.78 is 4.84. The average Bonchev–Trinajstić information content (AvgIpc) is 2.01. The van der Waals surface area contributed by atoms with Gasteiger partial charge in [0.25, 0.3) is 0 Å². The molecule has 3 heteroatoms. The van der Waals surface area contributed by atoms with E-state index in [4.69, 9.17) is 4.74 Å². The van der Waals surface area contributed by atoms with Gasteiger partial charge in [-0.05, 0) is 19.4 Å². The van der Waals surface area contributed by atoms with Gasteiger partial charge in [0, 0.05) is 0 Å². The Morgan fingerprint density at radius 1 is 1.36 bits per heavy atom. The Labute approximate surface area is 68.1 Å². The molecule has 0 aliphatic carbocycles. The van der Waals surface area contributed by atoms with E-state index in [2.05, 4.69) is 12.2 Å². The maximum absolute atomic E-state index is 10.8. The van der Waals surface area contributed by atoms with Crippen molar-refractivity contribution in [1.29, 1.82) is 0 Å². The van der Waals surface area contributed by atoms with Crippen molar-refractivity contribution in [1.82, 2.24) is 5.32 Å². The first-order chi connectivity index (χ1) is 5.31. The fourth-order valence-corrected chi connectivity index (χ4v) is 0.634. The van der Waals surface area contributed by atoms with E-state index in [-0.39, 0.29) is 5.97 Å². The van der Waals surface area contributed by atoms with Crippen LogP contribution in [0.2, 0.25) is 0 Å². The van der Waals surface area contributed by atoms with Crippen LogP contribution < -0.4 is 5.32 Å². The van der Waals surface area contributed by atoms with Gasteiger partial charge < -0.3 is 10.1 Å². The molecule has 0 aromatic heterocycles. The Balaban J connectivity index is 3.09. The summed E-state index contributed by atoms with van der Waals surface area (Å²) in [4.78, 5) is 10.8. The first-order valence-corrected chi connectivity index (χ1v) is 4.17. The van der Waals surface area contributed by atoms with Crippen molar-refractivity contribution in [3.63, 3.8) is 0 Å². The molecule has 3 nitrogen and oxygen atoms in total. The van der Waals surface area contributed by atoms with Crippen LogP contribution in [-0.4, -0.2) is 25.7 Å². The molecule has 0 unspecified atom stereocenters. The smallest absolute Gasteiger partial charge is 0.319 e. The van der Waals surface area contributed by atoms with Crippen LogP contribution >= 0.6 is 0 Å². The van der Waals surface area contributed by atoms with E-state index in [9.17, 15) is 4.79 Å². The zero-order valence-corrected chi connectivity index (χ0v) is 7.35. The molecule has 11 heavy (non-hydrogen) atoms. The molecule has 0 bridgehead atoms. The normalized spacial score (nSPS) is 9.64. The van der Waals surface area contributed by atoms with Crippen LogP contribution in [-0.2, 0) is 9.53 Å². The van der Waals surface area contributed by atoms with E-state index >= 15 is 0 Å². The lowest BCUT2D eigenvalue weighted by atomic mass is 10.5. The van der Waals surface area contributed by atoms with Crippen molar-refractivity contribution in [2.75, 3.05) is 19.7 Å². The monoisotopic (exact) mass is 159 g/mol. The van der Waals surface area contributed by atoms with E-state index in [1.807, 2.05) is 6.92 Å². The predicted molar refractivity (Wildman–Crippen MR) is 44.4 cm³/mol. The number of hydrogen-bond acceptors (Lipinski definition) is 3. The lowest BCUT2D eigenvalue weighted by molar-refractivity contribution is -0.142. The number of carbonyl (C=O) groups excluding carboxylic acids is 1. The number of hydrogen-bond donors (Lipinski definition) is 1. The van der Waals surface area contributed by atoms with Gasteiger partial charge in [0.15, 0.2) is 0 Å². The Morgan fingerprint density at radius 3 is 2.64 bits per heavy atom. The summed E-state index contributed by atoms with van der Waals surface area (Å²) in [6.07, 6.45) is 1.93. The highest BCUT2D eigenvalue weighted by Crippen LogP contribution is 1.81. The number of nitrogens with one attached hydrogen (secondary N) is 1. The lowest BCUT2D eigenvalue weighted by Crippen LogP contribution is -2.25. The Bertz CT molecular complexity index is 104. The summed E-state index contributed by atoms with van der Waals surface area (Å²) in [5, 5.41) is 2.97. The molecule has 0 rings (SSSR count). The number of ether oxygens (including phenoxy) is 1. The molecule has 0 aliphatic rings. The molecule has 66 valence electrons. The van der Waals surface area contributed by atoms with Crippen molar-refractivity contribution >= 4 is 5.97 Å². The van der Waals surface area contributed by atoms with Crippen LogP contribution in [0.15, 0.2) is 0 Å². The fraction of sp³-hybridized carbons (Fsp3) is 0.875. The summed E-state index contributed by atoms with van der Waals surface area (Å²) in [7, 11) is 0. The van der Waals surface area contributed by atoms with Gasteiger partial charge in [0.1, 0.15) is 0 Å². The van der Waals surface area contributed by atoms with Gasteiger partial charge in [-0.25, -0.2) is 0 Å². The lowest BCUT2D eigenvalue weighted by Gasteiger charge is -2.02. The first-order valence-electron chi connectivity index (χ1n) is 4.17. The third-order valence-electron chi connectivity index (χ3n) is 1.16. The summed E-state index contributed by atoms with van der Waals surface area (Å²) in [5.41, 5.74) is 0. The van der Waals surface area contributed by atoms with Crippen LogP contribution in [0.3, 0.4) is 0 Å². The second kappa shape index (κ2) is 7.54. The highest BCUT2D eigenvalue weighted by molar-refractivity contribution is 5.71. The Morgan fingerprint density at radius 2 is 2.09 bits per heavy atom. The quantitative estimate of drug-likeness (QED) is 0.463. The van der Waals surface area contributed by atoms with E-state index in [1.54, 1.807) is 0 Å². The molecule has 0 aliphatic heterocycles. The van der Waals surface area contributed by atoms with Gasteiger partial charge in [0.05, 0.1) is 13.2 Å². The van der Waals surface area contributed by atoms with E-state index < -0.39 is 0 Å². The van der Waals surface area contributed by atoms with Crippen LogP contribution in [0.1, 0.15) is 26.7 Å². The minimum absolute atomic E-state index is 0.152. The Kier molecular flexibility index (Phi) is 7.15. The van der Waals surface area contributed by atoms with Crippen molar-refractivity contribution in [3.05, 3.63) is 0 Å². The molecule has 0 saturated heterocycles. The molecule has 0 radical (unpaired) electrons. The molecule has 0 saturated carbocycles. The molecule has 0 heterocycles. The molecule has 0 aromatic carbocycles. The summed E-state index contributed by atoms with van der Waals surface area (Å²) in [5.74, 6) is -0.152. The van der Waals surface area contributed by atoms with E-state index in [0.29, 0.717) is 13.2 Å². The highest BCUT2D eigenvalue weighted by Gasteiger charge is 1.98. The third-order valence-corrected chi connectivity index (χ3v) is 1.16. The van der Waals surface area contributed by atoms with E-state index in [0.717, 1.165) is 19.4 Å². The second-order valence-electron chi connectivity index (χ2n) is 2.40. The van der Waals surface area contributed by atoms with Gasteiger partial charge in [-0.2, -0.15) is 0 Å². The fourth-order valence-electron chi connectivity index (χ4n) is 0.634. The predicted octanol–water partition coefficient (Wildman–Crippen LogP) is 0.939. The zero-order valence-electron chi connectivity index (χ0n) is 7.35. The number of esters is 1. The van der Waals surface area contributed by atoms with Crippen molar-refractivity contribution in [2.24, 2.45) is 0 Å². The minimum Gasteiger partial charge on any atom is -0.465 e. The van der Waals surface area contributed by atoms with Gasteiger partial charge in [0.2, 0.25) is 0 Å². The summed E-state index contributed by atoms with van der Waals surface area (Å²) in [6.45, 7) is 5.79. The molecule has 0 fully saturated rings. The average molecular weight is 159 g/mol. The summed E-state index contributed by atoms with van der Waals surface area (Å²) in [6, 6.07) is 0. The van der Waals surface area contributed by atoms with Crippen molar-refractivity contribution in [2.45, 2.75) is 26.7 Å². The minimum atomic E-state index is -0.152. The van der Waals surface area contributed by atoms with Crippen molar-refractivity contribution < 1.29 is 9.53 Å². The van der Waals surface area contributed by atoms with Gasteiger partial charge in [-0.1, -0.05) is 13.8 Å². The molecular formula is C8H17NO2. The zero-order chi connectivity index (χ0) is 8.53. The van der Waals surface area contributed by atoms with Crippen LogP contribution in [0.25, 0.3) is 0 Å². The van der Waals surface area contributed by atoms with Crippen LogP contribution in [0, 0.1) is 0 Å². The molecule has 0 amide bonds. The highest BCUT2D eigenvalue weighted by atomic mass is 16.5. The first kappa shape index (κ1) is 10.4. The SMILES string of the molecule is CCCNCC(=O)OCCC. The maximum atomic E-state index is 10.8. The molecule has 0 spiro atoms. The third kappa shape index (κ3) is 7.33. The molecular weight excluding hydrogens is 142 g/mol. The second-order valence-corrected chi connectivity index (χ2v) is 2.40. The van der Waals surface area contributed by atoms with Gasteiger partial charge >= 0.3 is 5.97 Å². The number of rotatable bonds is 6. The molecule has 1 N–H and O–H groups in total. The molecule has 0 atom stereocenters. The largest absolute Gasteiger partial charge is 0.465 e. The summed E-state index contributed by atoms with van der Waals surface area (Å²) >= 11 is 0. The van der Waals surface area contributed by atoms with Gasteiger partial charge in [-0.15, -0.1) is 0 Å². The number of carbonyl (C=O) groups is 1. The van der Waals surface area contributed by atoms with Gasteiger partial charge in [-0.3, -0.25) is 4.79 Å². The maximum Gasteiger partial charge on any atom is 0.319 e.